The summed E-state index contributed by atoms with van der Waals surface area (Å²) in [6, 6.07) is 4.34. The Labute approximate surface area is 112 Å². The molecule has 100 valence electrons. The molecule has 0 radical (unpaired) electrons. The quantitative estimate of drug-likeness (QED) is 0.833. The van der Waals surface area contributed by atoms with Crippen LogP contribution in [-0.2, 0) is 17.8 Å². The van der Waals surface area contributed by atoms with E-state index in [1.54, 1.807) is 0 Å². The molecule has 1 heterocycles. The summed E-state index contributed by atoms with van der Waals surface area (Å²) in [5.74, 6) is -0.441. The van der Waals surface area contributed by atoms with E-state index in [1.165, 1.54) is 9.75 Å². The molecule has 2 rings (SSSR count). The highest BCUT2D eigenvalue weighted by molar-refractivity contribution is 7.11. The van der Waals surface area contributed by atoms with Crippen LogP contribution in [0.5, 0.6) is 0 Å². The molecule has 1 aliphatic rings. The first kappa shape index (κ1) is 13.6. The molecule has 0 saturated heterocycles. The first-order valence-electron chi connectivity index (χ1n) is 6.71. The van der Waals surface area contributed by atoms with Gasteiger partial charge in [-0.05, 0) is 43.9 Å². The first-order chi connectivity index (χ1) is 8.70. The summed E-state index contributed by atoms with van der Waals surface area (Å²) >= 11 is 1.84. The fourth-order valence-corrected chi connectivity index (χ4v) is 3.62. The second-order valence-corrected chi connectivity index (χ2v) is 6.24. The Morgan fingerprint density at radius 3 is 2.89 bits per heavy atom. The number of carboxylic acid groups (broad SMARTS) is 1. The molecule has 2 N–H and O–H groups in total. The number of hydrogen-bond donors (Lipinski definition) is 2. The summed E-state index contributed by atoms with van der Waals surface area (Å²) < 4.78 is 0. The van der Waals surface area contributed by atoms with E-state index in [0.717, 1.165) is 38.8 Å². The van der Waals surface area contributed by atoms with Gasteiger partial charge in [0.1, 0.15) is 0 Å². The first-order valence-corrected chi connectivity index (χ1v) is 7.53. The second-order valence-electron chi connectivity index (χ2n) is 4.99. The lowest BCUT2D eigenvalue weighted by Crippen LogP contribution is -2.28. The number of hydrogen-bond acceptors (Lipinski definition) is 3. The van der Waals surface area contributed by atoms with E-state index in [-0.39, 0.29) is 5.92 Å². The number of carboxylic acids is 1. The molecule has 1 fully saturated rings. The van der Waals surface area contributed by atoms with Gasteiger partial charge < -0.3 is 10.4 Å². The maximum absolute atomic E-state index is 11.1. The van der Waals surface area contributed by atoms with E-state index < -0.39 is 5.97 Å². The van der Waals surface area contributed by atoms with Crippen molar-refractivity contribution in [3.63, 3.8) is 0 Å². The van der Waals surface area contributed by atoms with E-state index in [2.05, 4.69) is 24.4 Å². The predicted octanol–water partition coefficient (Wildman–Crippen LogP) is 2.90. The van der Waals surface area contributed by atoms with Gasteiger partial charge in [0.15, 0.2) is 0 Å². The van der Waals surface area contributed by atoms with Gasteiger partial charge in [-0.15, -0.1) is 11.3 Å². The summed E-state index contributed by atoms with van der Waals surface area (Å²) in [5, 5.41) is 12.5. The smallest absolute Gasteiger partial charge is 0.306 e. The van der Waals surface area contributed by atoms with Crippen molar-refractivity contribution in [2.24, 2.45) is 11.8 Å². The molecule has 18 heavy (non-hydrogen) atoms. The van der Waals surface area contributed by atoms with Gasteiger partial charge in [0.25, 0.3) is 0 Å². The van der Waals surface area contributed by atoms with Crippen molar-refractivity contribution in [2.75, 3.05) is 6.54 Å². The zero-order valence-corrected chi connectivity index (χ0v) is 11.6. The van der Waals surface area contributed by atoms with Gasteiger partial charge in [0.05, 0.1) is 5.92 Å². The van der Waals surface area contributed by atoms with E-state index in [9.17, 15) is 4.79 Å². The number of thiophene rings is 1. The highest BCUT2D eigenvalue weighted by atomic mass is 32.1. The Morgan fingerprint density at radius 1 is 1.44 bits per heavy atom. The molecule has 0 spiro atoms. The predicted molar refractivity (Wildman–Crippen MR) is 73.9 cm³/mol. The second kappa shape index (κ2) is 6.34. The maximum Gasteiger partial charge on any atom is 0.306 e. The van der Waals surface area contributed by atoms with E-state index in [0.29, 0.717) is 5.92 Å². The van der Waals surface area contributed by atoms with E-state index in [4.69, 9.17) is 5.11 Å². The minimum absolute atomic E-state index is 0.132. The van der Waals surface area contributed by atoms with Crippen LogP contribution in [0.15, 0.2) is 12.1 Å². The Morgan fingerprint density at radius 2 is 2.22 bits per heavy atom. The SMILES string of the molecule is CCc1ccc(CNCC2CCCC2C(=O)O)s1. The van der Waals surface area contributed by atoms with Gasteiger partial charge in [-0.1, -0.05) is 13.3 Å². The van der Waals surface area contributed by atoms with E-state index in [1.807, 2.05) is 11.3 Å². The number of carbonyl (C=O) groups is 1. The van der Waals surface area contributed by atoms with Crippen molar-refractivity contribution in [3.8, 4) is 0 Å². The van der Waals surface area contributed by atoms with Gasteiger partial charge in [-0.2, -0.15) is 0 Å². The van der Waals surface area contributed by atoms with Gasteiger partial charge >= 0.3 is 5.97 Å². The molecular weight excluding hydrogens is 246 g/mol. The van der Waals surface area contributed by atoms with Crippen molar-refractivity contribution in [3.05, 3.63) is 21.9 Å². The van der Waals surface area contributed by atoms with Crippen molar-refractivity contribution in [2.45, 2.75) is 39.2 Å². The van der Waals surface area contributed by atoms with Crippen LogP contribution in [-0.4, -0.2) is 17.6 Å². The minimum atomic E-state index is -0.622. The van der Waals surface area contributed by atoms with Crippen molar-refractivity contribution >= 4 is 17.3 Å². The monoisotopic (exact) mass is 267 g/mol. The fraction of sp³-hybridized carbons (Fsp3) is 0.643. The lowest BCUT2D eigenvalue weighted by atomic mass is 9.96. The zero-order valence-electron chi connectivity index (χ0n) is 10.8. The molecular formula is C14H21NO2S. The molecule has 1 aliphatic carbocycles. The molecule has 0 bridgehead atoms. The van der Waals surface area contributed by atoms with Crippen molar-refractivity contribution < 1.29 is 9.90 Å². The lowest BCUT2D eigenvalue weighted by Gasteiger charge is -2.15. The topological polar surface area (TPSA) is 49.3 Å². The summed E-state index contributed by atoms with van der Waals surface area (Å²) in [4.78, 5) is 13.8. The highest BCUT2D eigenvalue weighted by Gasteiger charge is 2.32. The van der Waals surface area contributed by atoms with Crippen LogP contribution in [0.2, 0.25) is 0 Å². The lowest BCUT2D eigenvalue weighted by molar-refractivity contribution is -0.142. The molecule has 0 aliphatic heterocycles. The average molecular weight is 267 g/mol. The number of nitrogens with one attached hydrogen (secondary N) is 1. The number of rotatable bonds is 6. The van der Waals surface area contributed by atoms with Crippen LogP contribution in [0.25, 0.3) is 0 Å². The van der Waals surface area contributed by atoms with Crippen molar-refractivity contribution in [1.29, 1.82) is 0 Å². The van der Waals surface area contributed by atoms with Crippen molar-refractivity contribution in [1.82, 2.24) is 5.32 Å². The molecule has 2 unspecified atom stereocenters. The summed E-state index contributed by atoms with van der Waals surface area (Å²) in [6.45, 7) is 3.86. The van der Waals surface area contributed by atoms with Crippen LogP contribution < -0.4 is 5.32 Å². The highest BCUT2D eigenvalue weighted by Crippen LogP contribution is 2.31. The maximum atomic E-state index is 11.1. The largest absolute Gasteiger partial charge is 0.481 e. The fourth-order valence-electron chi connectivity index (χ4n) is 2.69. The zero-order chi connectivity index (χ0) is 13.0. The summed E-state index contributed by atoms with van der Waals surface area (Å²) in [7, 11) is 0. The minimum Gasteiger partial charge on any atom is -0.481 e. The van der Waals surface area contributed by atoms with Gasteiger partial charge in [-0.25, -0.2) is 0 Å². The van der Waals surface area contributed by atoms with Crippen LogP contribution in [0.1, 0.15) is 35.9 Å². The van der Waals surface area contributed by atoms with Gasteiger partial charge in [0, 0.05) is 16.3 Å². The average Bonchev–Trinajstić information content (AvgIpc) is 2.97. The Hall–Kier alpha value is -0.870. The number of aliphatic carboxylic acids is 1. The van der Waals surface area contributed by atoms with Crippen LogP contribution in [0.4, 0.5) is 0 Å². The van der Waals surface area contributed by atoms with Gasteiger partial charge in [-0.3, -0.25) is 4.79 Å². The third kappa shape index (κ3) is 3.33. The molecule has 1 aromatic rings. The summed E-state index contributed by atoms with van der Waals surface area (Å²) in [6.07, 6.45) is 4.05. The molecule has 1 saturated carbocycles. The molecule has 4 heteroatoms. The Bertz CT molecular complexity index is 402. The third-order valence-corrected chi connectivity index (χ3v) is 4.98. The Kier molecular flexibility index (Phi) is 4.78. The normalized spacial score (nSPS) is 23.4. The van der Waals surface area contributed by atoms with Crippen LogP contribution in [0, 0.1) is 11.8 Å². The third-order valence-electron chi connectivity index (χ3n) is 3.75. The van der Waals surface area contributed by atoms with Crippen LogP contribution >= 0.6 is 11.3 Å². The standard InChI is InChI=1S/C14H21NO2S/c1-2-11-6-7-12(18-11)9-15-8-10-4-3-5-13(10)14(16)17/h6-7,10,13,15H,2-5,8-9H2,1H3,(H,16,17). The molecule has 0 amide bonds. The Balaban J connectivity index is 1.76. The van der Waals surface area contributed by atoms with Crippen LogP contribution in [0.3, 0.4) is 0 Å². The number of aryl methyl sites for hydroxylation is 1. The molecule has 3 nitrogen and oxygen atoms in total. The van der Waals surface area contributed by atoms with Gasteiger partial charge in [0.2, 0.25) is 0 Å². The summed E-state index contributed by atoms with van der Waals surface area (Å²) in [5.41, 5.74) is 0. The molecule has 2 atom stereocenters. The molecule has 0 aromatic carbocycles. The molecule has 1 aromatic heterocycles. The van der Waals surface area contributed by atoms with E-state index >= 15 is 0 Å².